The second-order valence-electron chi connectivity index (χ2n) is 6.23. The lowest BCUT2D eigenvalue weighted by Gasteiger charge is -2.34. The van der Waals surface area contributed by atoms with Crippen LogP contribution in [0.25, 0.3) is 0 Å². The lowest BCUT2D eigenvalue weighted by molar-refractivity contribution is 0.0500. The van der Waals surface area contributed by atoms with E-state index in [1.807, 2.05) is 20.8 Å². The maximum absolute atomic E-state index is 11.8. The van der Waals surface area contributed by atoms with Crippen LogP contribution in [0.3, 0.4) is 0 Å². The molecular formula is C14H23N5O2. The van der Waals surface area contributed by atoms with E-state index in [-0.39, 0.29) is 12.1 Å². The third kappa shape index (κ3) is 4.47. The maximum atomic E-state index is 11.8. The molecule has 21 heavy (non-hydrogen) atoms. The lowest BCUT2D eigenvalue weighted by Crippen LogP contribution is -2.49. The molecule has 0 saturated carbocycles. The molecule has 0 spiro atoms. The van der Waals surface area contributed by atoms with Crippen molar-refractivity contribution in [2.45, 2.75) is 45.3 Å². The first-order valence-electron chi connectivity index (χ1n) is 7.15. The first-order chi connectivity index (χ1) is 9.85. The smallest absolute Gasteiger partial charge is 0.407 e. The number of carbonyl (C=O) groups excluding carboxylic acids is 1. The number of carbonyl (C=O) groups is 1. The molecule has 1 aromatic heterocycles. The van der Waals surface area contributed by atoms with Crippen LogP contribution < -0.4 is 16.0 Å². The van der Waals surface area contributed by atoms with Gasteiger partial charge in [0.2, 0.25) is 0 Å². The average molecular weight is 293 g/mol. The molecule has 1 aromatic rings. The summed E-state index contributed by atoms with van der Waals surface area (Å²) in [5, 5.41) is 2.91. The monoisotopic (exact) mass is 293 g/mol. The Morgan fingerprint density at radius 2 is 2.29 bits per heavy atom. The summed E-state index contributed by atoms with van der Waals surface area (Å²) in [7, 11) is 0. The van der Waals surface area contributed by atoms with Crippen LogP contribution in [0.4, 0.5) is 16.3 Å². The van der Waals surface area contributed by atoms with Gasteiger partial charge in [-0.05, 0) is 33.6 Å². The highest BCUT2D eigenvalue weighted by Gasteiger charge is 2.25. The number of alkyl carbamates (subject to hydrolysis) is 1. The van der Waals surface area contributed by atoms with Crippen molar-refractivity contribution in [3.05, 3.63) is 12.5 Å². The summed E-state index contributed by atoms with van der Waals surface area (Å²) >= 11 is 0. The molecule has 1 saturated heterocycles. The largest absolute Gasteiger partial charge is 0.444 e. The minimum atomic E-state index is -0.491. The zero-order valence-corrected chi connectivity index (χ0v) is 12.8. The molecule has 7 nitrogen and oxygen atoms in total. The van der Waals surface area contributed by atoms with Crippen molar-refractivity contribution in [1.82, 2.24) is 15.3 Å². The number of anilines is 2. The standard InChI is InChI=1S/C14H23N5O2/c1-14(2,3)21-13(20)18-10-5-4-6-19(8-10)12-11(15)7-16-9-17-12/h7,9-10H,4-6,8,15H2,1-3H3,(H,18,20). The molecule has 1 fully saturated rings. The Bertz CT molecular complexity index is 500. The Morgan fingerprint density at radius 3 is 2.95 bits per heavy atom. The van der Waals surface area contributed by atoms with Gasteiger partial charge in [-0.3, -0.25) is 0 Å². The van der Waals surface area contributed by atoms with E-state index in [2.05, 4.69) is 20.2 Å². The number of piperidine rings is 1. The average Bonchev–Trinajstić information content (AvgIpc) is 2.37. The molecule has 7 heteroatoms. The topological polar surface area (TPSA) is 93.4 Å². The Hall–Kier alpha value is -2.05. The third-order valence-corrected chi connectivity index (χ3v) is 3.16. The minimum Gasteiger partial charge on any atom is -0.444 e. The second kappa shape index (κ2) is 6.15. The Labute approximate surface area is 124 Å². The normalized spacial score (nSPS) is 19.2. The maximum Gasteiger partial charge on any atom is 0.407 e. The van der Waals surface area contributed by atoms with Crippen LogP contribution in [0, 0.1) is 0 Å². The van der Waals surface area contributed by atoms with Gasteiger partial charge in [0.25, 0.3) is 0 Å². The molecule has 0 bridgehead atoms. The highest BCUT2D eigenvalue weighted by molar-refractivity contribution is 5.68. The number of hydrogen-bond donors (Lipinski definition) is 2. The SMILES string of the molecule is CC(C)(C)OC(=O)NC1CCCN(c2ncncc2N)C1. The molecule has 2 heterocycles. The van der Waals surface area contributed by atoms with E-state index < -0.39 is 5.60 Å². The molecule has 1 atom stereocenters. The van der Waals surface area contributed by atoms with Crippen molar-refractivity contribution in [2.24, 2.45) is 0 Å². The van der Waals surface area contributed by atoms with E-state index in [4.69, 9.17) is 10.5 Å². The summed E-state index contributed by atoms with van der Waals surface area (Å²) in [6.07, 6.45) is 4.57. The fourth-order valence-electron chi connectivity index (χ4n) is 2.36. The Balaban J connectivity index is 1.95. The summed E-state index contributed by atoms with van der Waals surface area (Å²) in [6.45, 7) is 7.08. The van der Waals surface area contributed by atoms with Gasteiger partial charge in [-0.2, -0.15) is 0 Å². The number of nitrogen functional groups attached to an aromatic ring is 1. The predicted molar refractivity (Wildman–Crippen MR) is 81.0 cm³/mol. The quantitative estimate of drug-likeness (QED) is 0.859. The van der Waals surface area contributed by atoms with Gasteiger partial charge in [-0.15, -0.1) is 0 Å². The van der Waals surface area contributed by atoms with Gasteiger partial charge < -0.3 is 20.7 Å². The number of nitrogens with zero attached hydrogens (tertiary/aromatic N) is 3. The van der Waals surface area contributed by atoms with E-state index in [0.29, 0.717) is 12.2 Å². The fraction of sp³-hybridized carbons (Fsp3) is 0.643. The first-order valence-corrected chi connectivity index (χ1v) is 7.15. The molecule has 1 aliphatic rings. The summed E-state index contributed by atoms with van der Waals surface area (Å²) in [5.41, 5.74) is 5.96. The molecule has 0 radical (unpaired) electrons. The zero-order valence-electron chi connectivity index (χ0n) is 12.8. The number of nitrogens with one attached hydrogen (secondary N) is 1. The van der Waals surface area contributed by atoms with Gasteiger partial charge in [0.15, 0.2) is 5.82 Å². The molecule has 1 unspecified atom stereocenters. The number of rotatable bonds is 2. The molecule has 0 aliphatic carbocycles. The summed E-state index contributed by atoms with van der Waals surface area (Å²) in [6, 6.07) is 0.0305. The zero-order chi connectivity index (χ0) is 15.5. The molecule has 116 valence electrons. The fourth-order valence-corrected chi connectivity index (χ4v) is 2.36. The van der Waals surface area contributed by atoms with Gasteiger partial charge >= 0.3 is 6.09 Å². The predicted octanol–water partition coefficient (Wildman–Crippen LogP) is 1.55. The number of aromatic nitrogens is 2. The van der Waals surface area contributed by atoms with Crippen molar-refractivity contribution in [3.63, 3.8) is 0 Å². The van der Waals surface area contributed by atoms with Crippen LogP contribution in [-0.4, -0.2) is 40.8 Å². The molecule has 3 N–H and O–H groups in total. The molecule has 1 amide bonds. The summed E-state index contributed by atoms with van der Waals surface area (Å²) < 4.78 is 5.29. The van der Waals surface area contributed by atoms with Crippen molar-refractivity contribution in [1.29, 1.82) is 0 Å². The van der Waals surface area contributed by atoms with Crippen molar-refractivity contribution in [3.8, 4) is 0 Å². The lowest BCUT2D eigenvalue weighted by atomic mass is 10.1. The van der Waals surface area contributed by atoms with Gasteiger partial charge in [0, 0.05) is 19.1 Å². The van der Waals surface area contributed by atoms with Crippen molar-refractivity contribution >= 4 is 17.6 Å². The van der Waals surface area contributed by atoms with Crippen LogP contribution in [0.1, 0.15) is 33.6 Å². The van der Waals surface area contributed by atoms with Gasteiger partial charge in [-0.1, -0.05) is 0 Å². The highest BCUT2D eigenvalue weighted by Crippen LogP contribution is 2.22. The van der Waals surface area contributed by atoms with Crippen LogP contribution >= 0.6 is 0 Å². The van der Waals surface area contributed by atoms with Gasteiger partial charge in [-0.25, -0.2) is 14.8 Å². The van der Waals surface area contributed by atoms with Crippen LogP contribution in [-0.2, 0) is 4.74 Å². The van der Waals surface area contributed by atoms with Crippen molar-refractivity contribution in [2.75, 3.05) is 23.7 Å². The third-order valence-electron chi connectivity index (χ3n) is 3.16. The highest BCUT2D eigenvalue weighted by atomic mass is 16.6. The summed E-state index contributed by atoms with van der Waals surface area (Å²) in [5.74, 6) is 0.723. The molecular weight excluding hydrogens is 270 g/mol. The van der Waals surface area contributed by atoms with E-state index in [9.17, 15) is 4.79 Å². The Morgan fingerprint density at radius 1 is 1.52 bits per heavy atom. The summed E-state index contributed by atoms with van der Waals surface area (Å²) in [4.78, 5) is 22.0. The Kier molecular flexibility index (Phi) is 4.50. The van der Waals surface area contributed by atoms with Crippen LogP contribution in [0.15, 0.2) is 12.5 Å². The second-order valence-corrected chi connectivity index (χ2v) is 6.23. The van der Waals surface area contributed by atoms with E-state index >= 15 is 0 Å². The minimum absolute atomic E-state index is 0.0305. The number of nitrogens with two attached hydrogens (primary N) is 1. The van der Waals surface area contributed by atoms with Gasteiger partial charge in [0.1, 0.15) is 11.9 Å². The first kappa shape index (κ1) is 15.3. The molecule has 0 aromatic carbocycles. The molecule has 2 rings (SSSR count). The van der Waals surface area contributed by atoms with E-state index in [0.717, 1.165) is 25.2 Å². The molecule has 1 aliphatic heterocycles. The number of amides is 1. The van der Waals surface area contributed by atoms with Gasteiger partial charge in [0.05, 0.1) is 11.9 Å². The van der Waals surface area contributed by atoms with E-state index in [1.165, 1.54) is 6.33 Å². The van der Waals surface area contributed by atoms with E-state index in [1.54, 1.807) is 6.20 Å². The van der Waals surface area contributed by atoms with Crippen LogP contribution in [0.5, 0.6) is 0 Å². The van der Waals surface area contributed by atoms with Crippen molar-refractivity contribution < 1.29 is 9.53 Å². The van der Waals surface area contributed by atoms with Crippen LogP contribution in [0.2, 0.25) is 0 Å². The number of hydrogen-bond acceptors (Lipinski definition) is 6. The number of ether oxygens (including phenoxy) is 1.